The van der Waals surface area contributed by atoms with E-state index in [2.05, 4.69) is 9.97 Å². The highest BCUT2D eigenvalue weighted by Gasteiger charge is 2.40. The molecule has 0 unspecified atom stereocenters. The second-order valence-corrected chi connectivity index (χ2v) is 8.29. The molecule has 1 fully saturated rings. The van der Waals surface area contributed by atoms with E-state index in [-0.39, 0.29) is 16.7 Å². The number of H-pyrrole nitrogens is 1. The molecule has 2 atom stereocenters. The zero-order chi connectivity index (χ0) is 17.4. The molecule has 6 nitrogen and oxygen atoms in total. The average Bonchev–Trinajstić information content (AvgIpc) is 3.27. The molecule has 3 aromatic rings. The maximum atomic E-state index is 13.2. The number of aromatic amines is 1. The van der Waals surface area contributed by atoms with Crippen molar-refractivity contribution < 1.29 is 8.42 Å². The number of hydrogen-bond acceptors (Lipinski definition) is 4. The molecule has 1 aromatic carbocycles. The molecule has 7 heteroatoms. The third-order valence-electron chi connectivity index (χ3n) is 4.97. The SMILES string of the molecule is NC[C@@H]1CN(S(=O)(=O)c2c[nH]c3ncccc23)C[C@H]1c1ccccc1. The maximum absolute atomic E-state index is 13.2. The lowest BCUT2D eigenvalue weighted by Gasteiger charge is -2.16. The molecule has 25 heavy (non-hydrogen) atoms. The standard InChI is InChI=1S/C18H20N4O2S/c19-9-14-11-22(12-16(14)13-5-2-1-3-6-13)25(23,24)17-10-21-18-15(17)7-4-8-20-18/h1-8,10,14,16H,9,11-12,19H2,(H,20,21)/t14-,16+/m1/s1. The minimum atomic E-state index is -3.60. The first-order valence-electron chi connectivity index (χ1n) is 8.28. The van der Waals surface area contributed by atoms with Gasteiger partial charge < -0.3 is 10.7 Å². The molecule has 1 saturated heterocycles. The highest BCUT2D eigenvalue weighted by molar-refractivity contribution is 7.89. The molecule has 0 spiro atoms. The summed E-state index contributed by atoms with van der Waals surface area (Å²) in [6, 6.07) is 13.5. The molecule has 3 N–H and O–H groups in total. The van der Waals surface area contributed by atoms with E-state index >= 15 is 0 Å². The first kappa shape index (κ1) is 16.3. The second kappa shape index (κ2) is 6.25. The van der Waals surface area contributed by atoms with Gasteiger partial charge in [-0.15, -0.1) is 0 Å². The van der Waals surface area contributed by atoms with Crippen LogP contribution in [0.25, 0.3) is 11.0 Å². The zero-order valence-corrected chi connectivity index (χ0v) is 14.5. The lowest BCUT2D eigenvalue weighted by molar-refractivity contribution is 0.459. The smallest absolute Gasteiger partial charge is 0.245 e. The highest BCUT2D eigenvalue weighted by atomic mass is 32.2. The molecule has 0 aliphatic carbocycles. The van der Waals surface area contributed by atoms with Crippen LogP contribution in [0.2, 0.25) is 0 Å². The molecule has 1 aliphatic heterocycles. The monoisotopic (exact) mass is 356 g/mol. The van der Waals surface area contributed by atoms with Gasteiger partial charge in [0.2, 0.25) is 10.0 Å². The van der Waals surface area contributed by atoms with Crippen molar-refractivity contribution in [1.29, 1.82) is 0 Å². The topological polar surface area (TPSA) is 92.1 Å². The molecule has 3 heterocycles. The van der Waals surface area contributed by atoms with Gasteiger partial charge in [-0.05, 0) is 30.2 Å². The Hall–Kier alpha value is -2.22. The minimum Gasteiger partial charge on any atom is -0.345 e. The number of rotatable bonds is 4. The van der Waals surface area contributed by atoms with Crippen molar-refractivity contribution in [3.63, 3.8) is 0 Å². The van der Waals surface area contributed by atoms with Gasteiger partial charge in [-0.2, -0.15) is 4.31 Å². The first-order valence-corrected chi connectivity index (χ1v) is 9.72. The van der Waals surface area contributed by atoms with Gasteiger partial charge in [0.25, 0.3) is 0 Å². The van der Waals surface area contributed by atoms with Crippen molar-refractivity contribution >= 4 is 21.1 Å². The van der Waals surface area contributed by atoms with Crippen molar-refractivity contribution in [2.24, 2.45) is 11.7 Å². The Morgan fingerprint density at radius 2 is 1.96 bits per heavy atom. The van der Waals surface area contributed by atoms with Gasteiger partial charge >= 0.3 is 0 Å². The number of fused-ring (bicyclic) bond motifs is 1. The number of nitrogens with two attached hydrogens (primary N) is 1. The number of hydrogen-bond donors (Lipinski definition) is 2. The zero-order valence-electron chi connectivity index (χ0n) is 13.7. The molecule has 0 radical (unpaired) electrons. The third-order valence-corrected chi connectivity index (χ3v) is 6.84. The molecule has 0 bridgehead atoms. The molecular weight excluding hydrogens is 336 g/mol. The van der Waals surface area contributed by atoms with E-state index in [0.717, 1.165) is 5.56 Å². The summed E-state index contributed by atoms with van der Waals surface area (Å²) in [5.74, 6) is 0.227. The normalized spacial score (nSPS) is 21.8. The molecule has 130 valence electrons. The van der Waals surface area contributed by atoms with Crippen molar-refractivity contribution in [2.45, 2.75) is 10.8 Å². The number of benzene rings is 1. The number of nitrogens with zero attached hydrogens (tertiary/aromatic N) is 2. The van der Waals surface area contributed by atoms with Gasteiger partial charge in [0.05, 0.1) is 0 Å². The summed E-state index contributed by atoms with van der Waals surface area (Å²) in [4.78, 5) is 7.40. The van der Waals surface area contributed by atoms with Crippen LogP contribution >= 0.6 is 0 Å². The predicted octanol–water partition coefficient (Wildman–Crippen LogP) is 1.93. The van der Waals surface area contributed by atoms with E-state index in [1.54, 1.807) is 22.6 Å². The van der Waals surface area contributed by atoms with Crippen LogP contribution in [0, 0.1) is 5.92 Å². The Balaban J connectivity index is 1.70. The summed E-state index contributed by atoms with van der Waals surface area (Å²) in [7, 11) is -3.60. The highest BCUT2D eigenvalue weighted by Crippen LogP contribution is 2.36. The Labute approximate surface area is 146 Å². The summed E-state index contributed by atoms with van der Waals surface area (Å²) in [5.41, 5.74) is 7.65. The summed E-state index contributed by atoms with van der Waals surface area (Å²) in [6.07, 6.45) is 3.17. The lowest BCUT2D eigenvalue weighted by Crippen LogP contribution is -2.29. The summed E-state index contributed by atoms with van der Waals surface area (Å²) >= 11 is 0. The molecule has 2 aromatic heterocycles. The van der Waals surface area contributed by atoms with E-state index < -0.39 is 10.0 Å². The summed E-state index contributed by atoms with van der Waals surface area (Å²) in [5, 5.41) is 0.620. The van der Waals surface area contributed by atoms with E-state index in [4.69, 9.17) is 5.73 Å². The number of aromatic nitrogens is 2. The Bertz CT molecular complexity index is 984. The predicted molar refractivity (Wildman–Crippen MR) is 96.6 cm³/mol. The van der Waals surface area contributed by atoms with Gasteiger partial charge in [0.1, 0.15) is 10.5 Å². The molecular formula is C18H20N4O2S. The molecule has 4 rings (SSSR count). The summed E-state index contributed by atoms with van der Waals surface area (Å²) < 4.78 is 27.9. The average molecular weight is 356 g/mol. The van der Waals surface area contributed by atoms with Gasteiger partial charge in [-0.1, -0.05) is 30.3 Å². The van der Waals surface area contributed by atoms with E-state index in [1.165, 1.54) is 6.20 Å². The van der Waals surface area contributed by atoms with E-state index in [9.17, 15) is 8.42 Å². The van der Waals surface area contributed by atoms with Gasteiger partial charge in [-0.25, -0.2) is 13.4 Å². The molecule has 0 saturated carbocycles. The second-order valence-electron chi connectivity index (χ2n) is 6.39. The maximum Gasteiger partial charge on any atom is 0.245 e. The van der Waals surface area contributed by atoms with Gasteiger partial charge in [-0.3, -0.25) is 0 Å². The fourth-order valence-corrected chi connectivity index (χ4v) is 5.30. The van der Waals surface area contributed by atoms with E-state index in [0.29, 0.717) is 30.7 Å². The quantitative estimate of drug-likeness (QED) is 0.747. The van der Waals surface area contributed by atoms with Crippen molar-refractivity contribution in [3.8, 4) is 0 Å². The number of sulfonamides is 1. The van der Waals surface area contributed by atoms with E-state index in [1.807, 2.05) is 30.3 Å². The molecule has 0 amide bonds. The van der Waals surface area contributed by atoms with Crippen LogP contribution in [0.5, 0.6) is 0 Å². The van der Waals surface area contributed by atoms with Crippen molar-refractivity contribution in [1.82, 2.24) is 14.3 Å². The largest absolute Gasteiger partial charge is 0.345 e. The Kier molecular flexibility index (Phi) is 4.07. The van der Waals surface area contributed by atoms with Gasteiger partial charge in [0.15, 0.2) is 0 Å². The van der Waals surface area contributed by atoms with Crippen molar-refractivity contribution in [2.75, 3.05) is 19.6 Å². The lowest BCUT2D eigenvalue weighted by atomic mass is 9.89. The summed E-state index contributed by atoms with van der Waals surface area (Å²) in [6.45, 7) is 1.34. The molecule has 1 aliphatic rings. The number of pyridine rings is 1. The van der Waals surface area contributed by atoms with Crippen LogP contribution in [0.1, 0.15) is 11.5 Å². The number of nitrogens with one attached hydrogen (secondary N) is 1. The Morgan fingerprint density at radius 3 is 2.72 bits per heavy atom. The fourth-order valence-electron chi connectivity index (χ4n) is 3.63. The fraction of sp³-hybridized carbons (Fsp3) is 0.278. The van der Waals surface area contributed by atoms with Crippen LogP contribution in [0.15, 0.2) is 59.8 Å². The van der Waals surface area contributed by atoms with Crippen molar-refractivity contribution in [3.05, 3.63) is 60.4 Å². The van der Waals surface area contributed by atoms with Crippen LogP contribution in [0.3, 0.4) is 0 Å². The van der Waals surface area contributed by atoms with Crippen LogP contribution < -0.4 is 5.73 Å². The first-order chi connectivity index (χ1) is 12.1. The third kappa shape index (κ3) is 2.74. The Morgan fingerprint density at radius 1 is 1.16 bits per heavy atom. The minimum absolute atomic E-state index is 0.112. The van der Waals surface area contributed by atoms with Crippen LogP contribution in [-0.4, -0.2) is 42.3 Å². The van der Waals surface area contributed by atoms with Gasteiger partial charge in [0, 0.05) is 36.8 Å². The van der Waals surface area contributed by atoms with Crippen LogP contribution in [0.4, 0.5) is 0 Å². The van der Waals surface area contributed by atoms with Crippen LogP contribution in [-0.2, 0) is 10.0 Å².